The zero-order valence-electron chi connectivity index (χ0n) is 10.7. The van der Waals surface area contributed by atoms with Gasteiger partial charge in [0.25, 0.3) is 0 Å². The van der Waals surface area contributed by atoms with E-state index in [0.29, 0.717) is 28.8 Å². The van der Waals surface area contributed by atoms with Crippen molar-refractivity contribution in [3.05, 3.63) is 6.33 Å². The Hall–Kier alpha value is -1.89. The summed E-state index contributed by atoms with van der Waals surface area (Å²) in [6.45, 7) is 1.12. The molecular weight excluding hydrogens is 244 g/mol. The summed E-state index contributed by atoms with van der Waals surface area (Å²) in [6, 6.07) is 0. The predicted octanol–water partition coefficient (Wildman–Crippen LogP) is 0.399. The largest absolute Gasteiger partial charge is 0.396 e. The summed E-state index contributed by atoms with van der Waals surface area (Å²) in [6.07, 6.45) is 5.00. The maximum absolute atomic E-state index is 9.18. The van der Waals surface area contributed by atoms with E-state index in [1.807, 2.05) is 4.57 Å². The summed E-state index contributed by atoms with van der Waals surface area (Å²) >= 11 is 0. The molecule has 7 nitrogen and oxygen atoms in total. The molecule has 0 spiro atoms. The highest BCUT2D eigenvalue weighted by Gasteiger charge is 2.25. The molecule has 0 unspecified atom stereocenters. The maximum Gasteiger partial charge on any atom is 0.224 e. The Morgan fingerprint density at radius 1 is 1.26 bits per heavy atom. The fourth-order valence-electron chi connectivity index (χ4n) is 2.91. The highest BCUT2D eigenvalue weighted by atomic mass is 16.3. The second kappa shape index (κ2) is 4.65. The van der Waals surface area contributed by atoms with Gasteiger partial charge in [-0.2, -0.15) is 9.97 Å². The van der Waals surface area contributed by atoms with Crippen molar-refractivity contribution in [3.63, 3.8) is 0 Å². The van der Waals surface area contributed by atoms with Crippen LogP contribution in [0.15, 0.2) is 6.33 Å². The number of nitrogens with two attached hydrogens (primary N) is 2. The Morgan fingerprint density at radius 3 is 2.79 bits per heavy atom. The first-order chi connectivity index (χ1) is 9.17. The molecule has 1 saturated carbocycles. The first-order valence-electron chi connectivity index (χ1n) is 6.52. The number of aliphatic hydroxyl groups is 1. The minimum Gasteiger partial charge on any atom is -0.396 e. The molecule has 0 radical (unpaired) electrons. The molecule has 1 fully saturated rings. The van der Waals surface area contributed by atoms with E-state index >= 15 is 0 Å². The summed E-state index contributed by atoms with van der Waals surface area (Å²) in [5.74, 6) is 1.48. The molecule has 3 rings (SSSR count). The van der Waals surface area contributed by atoms with Gasteiger partial charge in [0.2, 0.25) is 5.95 Å². The molecule has 0 bridgehead atoms. The van der Waals surface area contributed by atoms with Crippen molar-refractivity contribution < 1.29 is 5.11 Å². The second-order valence-electron chi connectivity index (χ2n) is 5.26. The van der Waals surface area contributed by atoms with Gasteiger partial charge in [-0.25, -0.2) is 4.98 Å². The summed E-state index contributed by atoms with van der Waals surface area (Å²) in [4.78, 5) is 12.4. The summed E-state index contributed by atoms with van der Waals surface area (Å²) < 4.78 is 1.98. The van der Waals surface area contributed by atoms with E-state index < -0.39 is 0 Å². The number of aromatic nitrogens is 4. The maximum atomic E-state index is 9.18. The zero-order chi connectivity index (χ0) is 13.4. The van der Waals surface area contributed by atoms with E-state index in [1.54, 1.807) is 6.33 Å². The van der Waals surface area contributed by atoms with Crippen molar-refractivity contribution >= 4 is 22.9 Å². The van der Waals surface area contributed by atoms with Crippen LogP contribution in [-0.2, 0) is 6.54 Å². The molecule has 2 aromatic heterocycles. The fourth-order valence-corrected chi connectivity index (χ4v) is 2.91. The lowest BCUT2D eigenvalue weighted by Gasteiger charge is -2.11. The second-order valence-corrected chi connectivity index (χ2v) is 5.26. The van der Waals surface area contributed by atoms with Crippen LogP contribution >= 0.6 is 0 Å². The topological polar surface area (TPSA) is 116 Å². The minimum absolute atomic E-state index is 0.173. The number of aliphatic hydroxyl groups excluding tert-OH is 1. The number of nitrogens with zero attached hydrogens (tertiary/aromatic N) is 4. The highest BCUT2D eigenvalue weighted by molar-refractivity contribution is 5.82. The van der Waals surface area contributed by atoms with Gasteiger partial charge >= 0.3 is 0 Å². The quantitative estimate of drug-likeness (QED) is 0.737. The lowest BCUT2D eigenvalue weighted by molar-refractivity contribution is 0.225. The van der Waals surface area contributed by atoms with E-state index in [-0.39, 0.29) is 12.6 Å². The third kappa shape index (κ3) is 2.21. The van der Waals surface area contributed by atoms with E-state index in [0.717, 1.165) is 25.8 Å². The van der Waals surface area contributed by atoms with Crippen molar-refractivity contribution in [2.24, 2.45) is 11.8 Å². The number of hydrogen-bond acceptors (Lipinski definition) is 6. The van der Waals surface area contributed by atoms with Crippen LogP contribution in [0.4, 0.5) is 11.8 Å². The normalized spacial score (nSPS) is 23.2. The average Bonchev–Trinajstić information content (AvgIpc) is 2.97. The Labute approximate surface area is 110 Å². The molecular formula is C12H18N6O. The van der Waals surface area contributed by atoms with Gasteiger partial charge in [-0.3, -0.25) is 0 Å². The van der Waals surface area contributed by atoms with Crippen LogP contribution in [0.25, 0.3) is 11.2 Å². The summed E-state index contributed by atoms with van der Waals surface area (Å²) in [5.41, 5.74) is 12.7. The zero-order valence-corrected chi connectivity index (χ0v) is 10.7. The lowest BCUT2D eigenvalue weighted by Crippen LogP contribution is -2.10. The number of anilines is 2. The number of hydrogen-bond donors (Lipinski definition) is 3. The van der Waals surface area contributed by atoms with Crippen LogP contribution in [0.2, 0.25) is 0 Å². The van der Waals surface area contributed by atoms with Crippen LogP contribution in [-0.4, -0.2) is 31.2 Å². The third-order valence-electron chi connectivity index (χ3n) is 3.87. The van der Waals surface area contributed by atoms with Crippen LogP contribution in [0.1, 0.15) is 19.3 Å². The molecule has 2 atom stereocenters. The van der Waals surface area contributed by atoms with Crippen LogP contribution in [0.5, 0.6) is 0 Å². The Kier molecular flexibility index (Phi) is 2.98. The van der Waals surface area contributed by atoms with Crippen molar-refractivity contribution in [2.45, 2.75) is 25.8 Å². The predicted molar refractivity (Wildman–Crippen MR) is 72.1 cm³/mol. The van der Waals surface area contributed by atoms with Crippen molar-refractivity contribution in [1.82, 2.24) is 19.5 Å². The van der Waals surface area contributed by atoms with Gasteiger partial charge in [0.05, 0.1) is 6.33 Å². The molecule has 0 amide bonds. The van der Waals surface area contributed by atoms with Gasteiger partial charge in [0, 0.05) is 13.2 Å². The van der Waals surface area contributed by atoms with Crippen LogP contribution in [0, 0.1) is 11.8 Å². The average molecular weight is 262 g/mol. The monoisotopic (exact) mass is 262 g/mol. The van der Waals surface area contributed by atoms with Crippen molar-refractivity contribution in [1.29, 1.82) is 0 Å². The Bertz CT molecular complexity index is 595. The lowest BCUT2D eigenvalue weighted by atomic mass is 10.1. The molecule has 0 saturated heterocycles. The molecule has 1 aliphatic carbocycles. The fraction of sp³-hybridized carbons (Fsp3) is 0.583. The minimum atomic E-state index is 0.173. The van der Waals surface area contributed by atoms with Gasteiger partial charge in [-0.1, -0.05) is 0 Å². The van der Waals surface area contributed by atoms with Gasteiger partial charge < -0.3 is 21.1 Å². The molecule has 5 N–H and O–H groups in total. The molecule has 0 aliphatic heterocycles. The molecule has 7 heteroatoms. The van der Waals surface area contributed by atoms with Gasteiger partial charge in [-0.05, 0) is 31.1 Å². The van der Waals surface area contributed by atoms with Crippen molar-refractivity contribution in [3.8, 4) is 0 Å². The van der Waals surface area contributed by atoms with Gasteiger partial charge in [0.1, 0.15) is 5.52 Å². The molecule has 2 aromatic rings. The number of rotatable bonds is 3. The number of fused-ring (bicyclic) bond motifs is 1. The van der Waals surface area contributed by atoms with Crippen LogP contribution < -0.4 is 11.5 Å². The smallest absolute Gasteiger partial charge is 0.224 e. The van der Waals surface area contributed by atoms with E-state index in [2.05, 4.69) is 15.0 Å². The van der Waals surface area contributed by atoms with E-state index in [4.69, 9.17) is 11.5 Å². The molecule has 1 aliphatic rings. The highest BCUT2D eigenvalue weighted by Crippen LogP contribution is 2.32. The summed E-state index contributed by atoms with van der Waals surface area (Å²) in [7, 11) is 0. The summed E-state index contributed by atoms with van der Waals surface area (Å²) in [5, 5.41) is 9.18. The van der Waals surface area contributed by atoms with E-state index in [9.17, 15) is 5.11 Å². The number of imidazole rings is 1. The third-order valence-corrected chi connectivity index (χ3v) is 3.87. The van der Waals surface area contributed by atoms with Crippen molar-refractivity contribution in [2.75, 3.05) is 18.1 Å². The Balaban J connectivity index is 1.86. The molecule has 2 heterocycles. The standard InChI is InChI=1S/C12H18N6O/c13-10-9-11(17-12(14)16-10)18(6-15-9)4-7-1-2-8(3-7)5-19/h6-8,19H,1-5H2,(H4,13,14,16,17)/t7-,8+/m0/s1. The van der Waals surface area contributed by atoms with E-state index in [1.165, 1.54) is 0 Å². The molecule has 0 aromatic carbocycles. The first kappa shape index (κ1) is 12.2. The first-order valence-corrected chi connectivity index (χ1v) is 6.52. The number of nitrogen functional groups attached to an aromatic ring is 2. The van der Waals surface area contributed by atoms with Gasteiger partial charge in [-0.15, -0.1) is 0 Å². The molecule has 102 valence electrons. The SMILES string of the molecule is Nc1nc(N)c2ncn(C[C@H]3CC[C@@H](CO)C3)c2n1. The van der Waals surface area contributed by atoms with Gasteiger partial charge in [0.15, 0.2) is 11.5 Å². The molecule has 19 heavy (non-hydrogen) atoms. The van der Waals surface area contributed by atoms with Crippen LogP contribution in [0.3, 0.4) is 0 Å². The Morgan fingerprint density at radius 2 is 2.05 bits per heavy atom.